The standard InChI is InChI=1S/C81H68N4O/c1-54-46-78(82-52-72(54)59-38-43-64(44-39-59)81(5,6)7)85-73-45-40-61(56-24-13-9-14-25-56)48-70(73)71-50-69(57-26-15-10-16-27-57)77(51-76(71)85)86-66-31-20-30-65(49-66)83-53-84(75-35-18-17-34-74(75)83)79-67(58-36-41-63(42-37-58)80(2,3)4)32-21-33-68(79)62-29-19-28-60(47-62)55-22-11-8-12-23-55/h8-52H,53H2,1-7H3/i1D3. The molecule has 0 radical (unpaired) electrons. The third-order valence-corrected chi connectivity index (χ3v) is 17.0. The molecular weight excluding hydrogens is 1040 g/mol. The molecule has 2 aromatic heterocycles. The first-order valence-electron chi connectivity index (χ1n) is 31.2. The summed E-state index contributed by atoms with van der Waals surface area (Å²) in [5.74, 6) is 1.79. The molecule has 1 aliphatic rings. The summed E-state index contributed by atoms with van der Waals surface area (Å²) in [6.07, 6.45) is 1.73. The molecule has 0 spiro atoms. The molecule has 0 saturated carbocycles. The minimum atomic E-state index is -2.44. The Morgan fingerprint density at radius 3 is 1.55 bits per heavy atom. The Morgan fingerprint density at radius 1 is 0.395 bits per heavy atom. The monoisotopic (exact) mass is 1120 g/mol. The molecule has 14 rings (SSSR count). The van der Waals surface area contributed by atoms with Crippen LogP contribution in [0.4, 0.5) is 22.7 Å². The zero-order valence-electron chi connectivity index (χ0n) is 52.4. The predicted molar refractivity (Wildman–Crippen MR) is 362 cm³/mol. The van der Waals surface area contributed by atoms with Gasteiger partial charge in [0.15, 0.2) is 0 Å². The van der Waals surface area contributed by atoms with Gasteiger partial charge in [-0.1, -0.05) is 242 Å². The molecule has 3 heterocycles. The summed E-state index contributed by atoms with van der Waals surface area (Å²) in [6, 6.07) is 94.0. The maximum atomic E-state index is 8.95. The van der Waals surface area contributed by atoms with Crippen LogP contribution in [0.25, 0.3) is 94.4 Å². The van der Waals surface area contributed by atoms with E-state index < -0.39 is 6.85 Å². The molecule has 0 amide bonds. The van der Waals surface area contributed by atoms with Gasteiger partial charge in [-0.2, -0.15) is 0 Å². The minimum absolute atomic E-state index is 0.00903. The molecule has 5 nitrogen and oxygen atoms in total. The maximum Gasteiger partial charge on any atom is 0.137 e. The number of hydrogen-bond acceptors (Lipinski definition) is 4. The van der Waals surface area contributed by atoms with Gasteiger partial charge in [0.05, 0.1) is 28.1 Å². The number of rotatable bonds is 11. The largest absolute Gasteiger partial charge is 0.457 e. The maximum absolute atomic E-state index is 8.95. The Balaban J connectivity index is 0.900. The molecule has 0 bridgehead atoms. The van der Waals surface area contributed by atoms with E-state index in [1.54, 1.807) is 12.3 Å². The number of nitrogens with zero attached hydrogens (tertiary/aromatic N) is 4. The molecule has 0 N–H and O–H groups in total. The summed E-state index contributed by atoms with van der Waals surface area (Å²) in [7, 11) is 0. The minimum Gasteiger partial charge on any atom is -0.457 e. The van der Waals surface area contributed by atoms with Crippen molar-refractivity contribution in [2.45, 2.75) is 59.2 Å². The molecular formula is C81H68N4O. The average Bonchev–Trinajstić information content (AvgIpc) is 1.67. The molecule has 418 valence electrons. The predicted octanol–water partition coefficient (Wildman–Crippen LogP) is 22.1. The van der Waals surface area contributed by atoms with E-state index in [1.165, 1.54) is 16.7 Å². The van der Waals surface area contributed by atoms with Crippen LogP contribution in [0, 0.1) is 6.85 Å². The quantitative estimate of drug-likeness (QED) is 0.129. The second-order valence-corrected chi connectivity index (χ2v) is 24.6. The number of anilines is 4. The smallest absolute Gasteiger partial charge is 0.137 e. The van der Waals surface area contributed by atoms with Crippen molar-refractivity contribution in [3.63, 3.8) is 0 Å². The van der Waals surface area contributed by atoms with Gasteiger partial charge in [0.2, 0.25) is 0 Å². The van der Waals surface area contributed by atoms with E-state index in [2.05, 4.69) is 286 Å². The van der Waals surface area contributed by atoms with Gasteiger partial charge in [0, 0.05) is 61.2 Å². The molecule has 0 atom stereocenters. The normalized spacial score (nSPS) is 13.2. The third-order valence-electron chi connectivity index (χ3n) is 17.0. The third kappa shape index (κ3) is 10.1. The van der Waals surface area contributed by atoms with Crippen LogP contribution in [0.5, 0.6) is 11.5 Å². The molecule has 0 fully saturated rings. The highest BCUT2D eigenvalue weighted by Crippen LogP contribution is 2.51. The van der Waals surface area contributed by atoms with E-state index in [0.717, 1.165) is 100 Å². The van der Waals surface area contributed by atoms with E-state index in [9.17, 15) is 0 Å². The Morgan fingerprint density at radius 2 is 0.907 bits per heavy atom. The van der Waals surface area contributed by atoms with Crippen LogP contribution in [-0.4, -0.2) is 16.2 Å². The SMILES string of the molecule is [2H]C([2H])([2H])c1cc(-n2c3ccc(-c4ccccc4)cc3c3cc(-c4ccccc4)c(Oc4cccc(N5CN(c6c(-c7ccc(C(C)(C)C)cc7)cccc6-c6cccc(-c7ccccc7)c6)c6ccccc65)c4)cc32)ncc1-c1ccc(C(C)(C)C)cc1. The molecule has 86 heavy (non-hydrogen) atoms. The van der Waals surface area contributed by atoms with Crippen LogP contribution >= 0.6 is 0 Å². The highest BCUT2D eigenvalue weighted by molar-refractivity contribution is 6.12. The van der Waals surface area contributed by atoms with Gasteiger partial charge in [0.1, 0.15) is 24.0 Å². The zero-order chi connectivity index (χ0) is 61.2. The Bertz CT molecular complexity index is 4770. The van der Waals surface area contributed by atoms with E-state index in [4.69, 9.17) is 13.8 Å². The van der Waals surface area contributed by atoms with Gasteiger partial charge in [-0.05, 0) is 133 Å². The van der Waals surface area contributed by atoms with Gasteiger partial charge < -0.3 is 14.5 Å². The first kappa shape index (κ1) is 50.3. The Hall–Kier alpha value is -10.2. The summed E-state index contributed by atoms with van der Waals surface area (Å²) in [6.45, 7) is 11.4. The fourth-order valence-electron chi connectivity index (χ4n) is 12.4. The summed E-state index contributed by atoms with van der Waals surface area (Å²) >= 11 is 0. The number of aromatic nitrogens is 2. The summed E-state index contributed by atoms with van der Waals surface area (Å²) in [5, 5.41) is 1.97. The number of ether oxygens (including phenoxy) is 1. The van der Waals surface area contributed by atoms with Crippen molar-refractivity contribution in [1.29, 1.82) is 0 Å². The lowest BCUT2D eigenvalue weighted by Crippen LogP contribution is -2.25. The van der Waals surface area contributed by atoms with Crippen LogP contribution in [-0.2, 0) is 10.8 Å². The van der Waals surface area contributed by atoms with Gasteiger partial charge >= 0.3 is 0 Å². The van der Waals surface area contributed by atoms with E-state index in [1.807, 2.05) is 30.3 Å². The summed E-state index contributed by atoms with van der Waals surface area (Å²) in [4.78, 5) is 10.0. The molecule has 1 aliphatic heterocycles. The van der Waals surface area contributed by atoms with E-state index in [-0.39, 0.29) is 16.4 Å². The van der Waals surface area contributed by atoms with Crippen LogP contribution in [0.3, 0.4) is 0 Å². The summed E-state index contributed by atoms with van der Waals surface area (Å²) in [5.41, 5.74) is 20.9. The van der Waals surface area contributed by atoms with Gasteiger partial charge in [-0.25, -0.2) is 4.98 Å². The van der Waals surface area contributed by atoms with E-state index >= 15 is 0 Å². The lowest BCUT2D eigenvalue weighted by molar-refractivity contribution is 0.485. The van der Waals surface area contributed by atoms with Crippen molar-refractivity contribution in [3.8, 4) is 84.1 Å². The van der Waals surface area contributed by atoms with Crippen LogP contribution in [0.15, 0.2) is 273 Å². The molecule has 5 heteroatoms. The first-order chi connectivity index (χ1) is 43.0. The second kappa shape index (κ2) is 21.8. The van der Waals surface area contributed by atoms with Crippen molar-refractivity contribution in [1.82, 2.24) is 9.55 Å². The number of pyridine rings is 1. The molecule has 0 saturated heterocycles. The lowest BCUT2D eigenvalue weighted by atomic mass is 9.85. The van der Waals surface area contributed by atoms with E-state index in [0.29, 0.717) is 29.5 Å². The van der Waals surface area contributed by atoms with Gasteiger partial charge in [0.25, 0.3) is 0 Å². The second-order valence-electron chi connectivity index (χ2n) is 24.6. The van der Waals surface area contributed by atoms with Crippen molar-refractivity contribution in [2.24, 2.45) is 0 Å². The Labute approximate surface area is 509 Å². The number of benzene rings is 11. The first-order valence-corrected chi connectivity index (χ1v) is 29.7. The average molecular weight is 1120 g/mol. The fraction of sp³-hybridized carbons (Fsp3) is 0.123. The number of aryl methyl sites for hydroxylation is 1. The molecule has 11 aromatic carbocycles. The van der Waals surface area contributed by atoms with Crippen LogP contribution in [0.1, 0.15) is 62.3 Å². The lowest BCUT2D eigenvalue weighted by Gasteiger charge is -2.28. The topological polar surface area (TPSA) is 33.5 Å². The van der Waals surface area contributed by atoms with Crippen molar-refractivity contribution < 1.29 is 8.85 Å². The van der Waals surface area contributed by atoms with Crippen molar-refractivity contribution in [2.75, 3.05) is 16.5 Å². The van der Waals surface area contributed by atoms with Gasteiger partial charge in [-0.3, -0.25) is 4.57 Å². The number of hydrogen-bond donors (Lipinski definition) is 0. The summed E-state index contributed by atoms with van der Waals surface area (Å²) < 4.78 is 36.3. The zero-order valence-corrected chi connectivity index (χ0v) is 49.4. The highest BCUT2D eigenvalue weighted by Gasteiger charge is 2.32. The molecule has 0 aliphatic carbocycles. The Kier molecular flexibility index (Phi) is 12.7. The fourth-order valence-corrected chi connectivity index (χ4v) is 12.4. The van der Waals surface area contributed by atoms with Crippen LogP contribution < -0.4 is 14.5 Å². The number of para-hydroxylation sites is 3. The van der Waals surface area contributed by atoms with Crippen LogP contribution in [0.2, 0.25) is 0 Å². The van der Waals surface area contributed by atoms with Gasteiger partial charge in [-0.15, -0.1) is 0 Å². The van der Waals surface area contributed by atoms with Crippen molar-refractivity contribution in [3.05, 3.63) is 290 Å². The molecule has 13 aromatic rings. The van der Waals surface area contributed by atoms with Crippen molar-refractivity contribution >= 4 is 44.6 Å². The highest BCUT2D eigenvalue weighted by atomic mass is 16.5. The molecule has 0 unspecified atom stereocenters. The number of fused-ring (bicyclic) bond motifs is 4.